The zero-order valence-corrected chi connectivity index (χ0v) is 26.8. The Kier molecular flexibility index (Phi) is 9.89. The first-order valence-electron chi connectivity index (χ1n) is 15.6. The summed E-state index contributed by atoms with van der Waals surface area (Å²) < 4.78 is 0. The van der Waals surface area contributed by atoms with E-state index >= 15 is 0 Å². The molecule has 0 spiro atoms. The topological polar surface area (TPSA) is 162 Å². The monoisotopic (exact) mass is 658 g/mol. The number of aromatic hydroxyl groups is 8. The number of phenols is 8. The summed E-state index contributed by atoms with van der Waals surface area (Å²) in [5, 5.41) is 82.9. The van der Waals surface area contributed by atoms with E-state index in [1.165, 1.54) is 48.5 Å². The van der Waals surface area contributed by atoms with E-state index in [1.54, 1.807) is 30.3 Å². The number of rotatable bonds is 11. The van der Waals surface area contributed by atoms with Gasteiger partial charge in [-0.15, -0.1) is 0 Å². The van der Waals surface area contributed by atoms with Gasteiger partial charge >= 0.3 is 0 Å². The van der Waals surface area contributed by atoms with Crippen LogP contribution in [-0.4, -0.2) is 40.9 Å². The van der Waals surface area contributed by atoms with Crippen LogP contribution in [0.5, 0.6) is 46.0 Å². The molecule has 8 nitrogen and oxygen atoms in total. The lowest BCUT2D eigenvalue weighted by molar-refractivity contribution is 0.415. The van der Waals surface area contributed by atoms with Gasteiger partial charge in [0.2, 0.25) is 0 Å². The van der Waals surface area contributed by atoms with Gasteiger partial charge < -0.3 is 40.9 Å². The van der Waals surface area contributed by atoms with Crippen molar-refractivity contribution in [3.05, 3.63) is 161 Å². The fraction of sp³-hybridized carbons (Fsp3) is 0.122. The Hall–Kier alpha value is -6.28. The number of hydrogen-bond donors (Lipinski definition) is 8. The molecule has 8 N–H and O–H groups in total. The van der Waals surface area contributed by atoms with Crippen molar-refractivity contribution in [1.29, 1.82) is 0 Å². The Bertz CT molecular complexity index is 1960. The molecule has 0 aromatic heterocycles. The van der Waals surface area contributed by atoms with Crippen LogP contribution in [0.1, 0.15) is 52.6 Å². The Morgan fingerprint density at radius 3 is 1.59 bits per heavy atom. The van der Waals surface area contributed by atoms with Gasteiger partial charge in [-0.25, -0.2) is 0 Å². The van der Waals surface area contributed by atoms with Crippen molar-refractivity contribution in [3.8, 4) is 46.0 Å². The maximum Gasteiger partial charge on any atom is 0.123 e. The first-order valence-corrected chi connectivity index (χ1v) is 15.6. The average Bonchev–Trinajstić information content (AvgIpc) is 3.04. The molecular weight excluding hydrogens is 620 g/mol. The summed E-state index contributed by atoms with van der Waals surface area (Å²) in [6, 6.07) is 25.0. The van der Waals surface area contributed by atoms with Crippen molar-refractivity contribution >= 4 is 5.57 Å². The molecule has 5 aromatic carbocycles. The van der Waals surface area contributed by atoms with Crippen molar-refractivity contribution in [2.24, 2.45) is 0 Å². The van der Waals surface area contributed by atoms with Crippen molar-refractivity contribution in [2.45, 2.75) is 31.1 Å². The van der Waals surface area contributed by atoms with Gasteiger partial charge in [-0.05, 0) is 53.8 Å². The molecule has 0 amide bonds. The lowest BCUT2D eigenvalue weighted by Gasteiger charge is -2.31. The minimum Gasteiger partial charge on any atom is -0.508 e. The van der Waals surface area contributed by atoms with E-state index in [-0.39, 0.29) is 46.0 Å². The van der Waals surface area contributed by atoms with Gasteiger partial charge in [0, 0.05) is 57.9 Å². The third-order valence-electron chi connectivity index (χ3n) is 8.75. The smallest absolute Gasteiger partial charge is 0.123 e. The van der Waals surface area contributed by atoms with Gasteiger partial charge in [-0.1, -0.05) is 86.3 Å². The third-order valence-corrected chi connectivity index (χ3v) is 8.75. The number of hydrogen-bond acceptors (Lipinski definition) is 8. The number of phenolic OH excluding ortho intramolecular Hbond substituents is 8. The highest BCUT2D eigenvalue weighted by atomic mass is 16.3. The summed E-state index contributed by atoms with van der Waals surface area (Å²) in [5.74, 6) is -1.49. The molecule has 0 atom stereocenters. The van der Waals surface area contributed by atoms with Crippen LogP contribution in [0.4, 0.5) is 0 Å². The van der Waals surface area contributed by atoms with E-state index in [0.29, 0.717) is 35.1 Å². The first-order chi connectivity index (χ1) is 23.4. The van der Waals surface area contributed by atoms with E-state index < -0.39 is 11.3 Å². The second-order valence-electron chi connectivity index (χ2n) is 12.1. The third kappa shape index (κ3) is 7.49. The molecule has 5 rings (SSSR count). The maximum absolute atomic E-state index is 10.8. The van der Waals surface area contributed by atoms with E-state index in [4.69, 9.17) is 0 Å². The van der Waals surface area contributed by atoms with Crippen molar-refractivity contribution in [2.75, 3.05) is 0 Å². The molecule has 0 aliphatic heterocycles. The zero-order chi connectivity index (χ0) is 35.3. The molecule has 0 unspecified atom stereocenters. The molecule has 250 valence electrons. The molecule has 0 saturated heterocycles. The Morgan fingerprint density at radius 2 is 1.12 bits per heavy atom. The van der Waals surface area contributed by atoms with Crippen molar-refractivity contribution in [3.63, 3.8) is 0 Å². The first kappa shape index (κ1) is 34.1. The van der Waals surface area contributed by atoms with Gasteiger partial charge in [0.15, 0.2) is 0 Å². The van der Waals surface area contributed by atoms with E-state index in [1.807, 2.05) is 49.4 Å². The second-order valence-corrected chi connectivity index (χ2v) is 12.1. The molecular formula is C41H38O8. The van der Waals surface area contributed by atoms with E-state index in [2.05, 4.69) is 6.58 Å². The summed E-state index contributed by atoms with van der Waals surface area (Å²) in [5.41, 5.74) is 3.46. The van der Waals surface area contributed by atoms with Crippen molar-refractivity contribution < 1.29 is 40.9 Å². The molecule has 0 radical (unpaired) electrons. The van der Waals surface area contributed by atoms with Crippen LogP contribution in [0.15, 0.2) is 128 Å². The van der Waals surface area contributed by atoms with Crippen LogP contribution in [0.2, 0.25) is 0 Å². The standard InChI is InChI=1S/C41H38O8/c1-3-6-26(9-5-18-41(2,35-16-12-30(44)23-39(35)48)36-17-13-31(45)24-40(36)49)27-8-4-7-25(19-27)20-34(32-14-10-28(42)21-37(32)46)33-15-11-29(43)22-38(33)47/h3-17,19,21-24,34,42-49H,1,18,20H2,2H3/b9-5-,26-6+. The van der Waals surface area contributed by atoms with Gasteiger partial charge in [-0.2, -0.15) is 0 Å². The molecule has 5 aromatic rings. The largest absolute Gasteiger partial charge is 0.508 e. The summed E-state index contributed by atoms with van der Waals surface area (Å²) in [6.45, 7) is 5.73. The molecule has 49 heavy (non-hydrogen) atoms. The normalized spacial score (nSPS) is 12.1. The molecule has 0 fully saturated rings. The number of benzene rings is 5. The van der Waals surface area contributed by atoms with Crippen LogP contribution in [-0.2, 0) is 11.8 Å². The fourth-order valence-electron chi connectivity index (χ4n) is 6.29. The average molecular weight is 659 g/mol. The van der Waals surface area contributed by atoms with Gasteiger partial charge in [-0.3, -0.25) is 0 Å². The summed E-state index contributed by atoms with van der Waals surface area (Å²) in [7, 11) is 0. The molecule has 8 heteroatoms. The molecule has 0 aliphatic rings. The second kappa shape index (κ2) is 14.2. The minimum absolute atomic E-state index is 0.0970. The van der Waals surface area contributed by atoms with Gasteiger partial charge in [0.1, 0.15) is 46.0 Å². The summed E-state index contributed by atoms with van der Waals surface area (Å²) in [4.78, 5) is 0. The summed E-state index contributed by atoms with van der Waals surface area (Å²) in [6.07, 6.45) is 7.98. The Balaban J connectivity index is 1.50. The summed E-state index contributed by atoms with van der Waals surface area (Å²) >= 11 is 0. The Labute approximate surface area is 284 Å². The minimum atomic E-state index is -0.974. The molecule has 0 heterocycles. The van der Waals surface area contributed by atoms with Crippen LogP contribution < -0.4 is 0 Å². The van der Waals surface area contributed by atoms with Crippen LogP contribution in [0.25, 0.3) is 5.57 Å². The van der Waals surface area contributed by atoms with Crippen molar-refractivity contribution in [1.82, 2.24) is 0 Å². The van der Waals surface area contributed by atoms with Gasteiger partial charge in [0.05, 0.1) is 0 Å². The highest BCUT2D eigenvalue weighted by Crippen LogP contribution is 2.46. The Morgan fingerprint density at radius 1 is 0.633 bits per heavy atom. The maximum atomic E-state index is 10.8. The lowest BCUT2D eigenvalue weighted by atomic mass is 9.72. The highest BCUT2D eigenvalue weighted by Gasteiger charge is 2.33. The van der Waals surface area contributed by atoms with E-state index in [0.717, 1.165) is 16.7 Å². The quantitative estimate of drug-likeness (QED) is 0.0659. The lowest BCUT2D eigenvalue weighted by Crippen LogP contribution is -2.23. The zero-order valence-electron chi connectivity index (χ0n) is 26.8. The van der Waals surface area contributed by atoms with Crippen LogP contribution >= 0.6 is 0 Å². The fourth-order valence-corrected chi connectivity index (χ4v) is 6.29. The predicted octanol–water partition coefficient (Wildman–Crippen LogP) is 8.23. The molecule has 0 aliphatic carbocycles. The van der Waals surface area contributed by atoms with Crippen LogP contribution in [0.3, 0.4) is 0 Å². The highest BCUT2D eigenvalue weighted by molar-refractivity contribution is 5.75. The van der Waals surface area contributed by atoms with E-state index in [9.17, 15) is 40.9 Å². The molecule has 0 bridgehead atoms. The van der Waals surface area contributed by atoms with Gasteiger partial charge in [0.25, 0.3) is 0 Å². The van der Waals surface area contributed by atoms with Crippen LogP contribution in [0, 0.1) is 0 Å². The predicted molar refractivity (Wildman–Crippen MR) is 189 cm³/mol. The molecule has 0 saturated carbocycles. The number of allylic oxidation sites excluding steroid dienone is 5. The SMILES string of the molecule is C=C/C=C(\C=C/CC(C)(c1ccc(O)cc1O)c1ccc(O)cc1O)c1cccc(CC(c2ccc(O)cc2O)c2ccc(O)cc2O)c1.